The number of benzene rings is 2. The lowest BCUT2D eigenvalue weighted by Gasteiger charge is -2.06. The average Bonchev–Trinajstić information content (AvgIpc) is 2.56. The molecule has 0 aliphatic rings. The van der Waals surface area contributed by atoms with Crippen molar-refractivity contribution in [2.75, 3.05) is 6.61 Å². The molecule has 0 spiro atoms. The summed E-state index contributed by atoms with van der Waals surface area (Å²) >= 11 is 11.5. The molecule has 0 saturated carbocycles. The quantitative estimate of drug-likeness (QED) is 0.657. The second kappa shape index (κ2) is 6.44. The number of hydrogen-bond acceptors (Lipinski definition) is 4. The third-order valence-corrected chi connectivity index (χ3v) is 3.75. The van der Waals surface area contributed by atoms with Crippen molar-refractivity contribution in [2.24, 2.45) is 0 Å². The third-order valence-electron chi connectivity index (χ3n) is 3.24. The minimum absolute atomic E-state index is 0.0177. The van der Waals surface area contributed by atoms with E-state index in [1.54, 1.807) is 42.5 Å². The Hall–Kier alpha value is -2.30. The Morgan fingerprint density at radius 2 is 1.83 bits per heavy atom. The molecular formula is C17H10Cl2O4. The molecule has 0 bridgehead atoms. The molecule has 0 amide bonds. The number of fused-ring (bicyclic) bond motifs is 1. The summed E-state index contributed by atoms with van der Waals surface area (Å²) in [5.74, 6) is 0.240. The number of rotatable bonds is 4. The van der Waals surface area contributed by atoms with Gasteiger partial charge in [0.25, 0.3) is 0 Å². The summed E-state index contributed by atoms with van der Waals surface area (Å²) in [6.45, 7) is -0.134. The van der Waals surface area contributed by atoms with E-state index in [9.17, 15) is 9.59 Å². The number of ether oxygens (including phenoxy) is 1. The van der Waals surface area contributed by atoms with E-state index in [1.807, 2.05) is 0 Å². The van der Waals surface area contributed by atoms with Crippen LogP contribution in [0.3, 0.4) is 0 Å². The summed E-state index contributed by atoms with van der Waals surface area (Å²) in [5.41, 5.74) is 0.543. The number of carbonyl (C=O) groups is 1. The molecule has 116 valence electrons. The lowest BCUT2D eigenvalue weighted by molar-refractivity contribution is 0.0921. The van der Waals surface area contributed by atoms with E-state index in [2.05, 4.69) is 0 Å². The summed E-state index contributed by atoms with van der Waals surface area (Å²) in [7, 11) is 0. The zero-order valence-electron chi connectivity index (χ0n) is 11.7. The van der Waals surface area contributed by atoms with Gasteiger partial charge >= 0.3 is 0 Å². The molecule has 0 fully saturated rings. The van der Waals surface area contributed by atoms with Crippen molar-refractivity contribution in [3.8, 4) is 5.75 Å². The molecule has 0 aliphatic heterocycles. The standard InChI is InChI=1S/C17H10Cl2O4/c18-11-3-1-10(2-4-11)15(20)9-22-12-5-6-13-16(7-12)23-8-14(19)17(13)21/h1-8H,9H2. The van der Waals surface area contributed by atoms with Gasteiger partial charge in [-0.05, 0) is 36.4 Å². The first-order valence-electron chi connectivity index (χ1n) is 6.67. The molecule has 4 nitrogen and oxygen atoms in total. The monoisotopic (exact) mass is 348 g/mol. The van der Waals surface area contributed by atoms with Gasteiger partial charge in [0.15, 0.2) is 12.4 Å². The topological polar surface area (TPSA) is 56.5 Å². The highest BCUT2D eigenvalue weighted by molar-refractivity contribution is 6.31. The van der Waals surface area contributed by atoms with Gasteiger partial charge < -0.3 is 9.15 Å². The predicted octanol–water partition coefficient (Wildman–Crippen LogP) is 4.36. The van der Waals surface area contributed by atoms with Gasteiger partial charge in [0.1, 0.15) is 22.6 Å². The molecule has 3 aromatic rings. The van der Waals surface area contributed by atoms with Crippen LogP contribution in [0.1, 0.15) is 10.4 Å². The minimum atomic E-state index is -0.309. The van der Waals surface area contributed by atoms with Crippen molar-refractivity contribution in [1.29, 1.82) is 0 Å². The Kier molecular flexibility index (Phi) is 4.37. The molecule has 1 heterocycles. The SMILES string of the molecule is O=C(COc1ccc2c(=O)c(Cl)coc2c1)c1ccc(Cl)cc1. The van der Waals surface area contributed by atoms with E-state index in [0.29, 0.717) is 27.3 Å². The molecule has 1 aromatic heterocycles. The third kappa shape index (κ3) is 3.38. The van der Waals surface area contributed by atoms with Crippen molar-refractivity contribution in [2.45, 2.75) is 0 Å². The second-order valence-electron chi connectivity index (χ2n) is 4.79. The van der Waals surface area contributed by atoms with E-state index in [4.69, 9.17) is 32.4 Å². The lowest BCUT2D eigenvalue weighted by Crippen LogP contribution is -2.11. The molecule has 0 saturated heterocycles. The van der Waals surface area contributed by atoms with E-state index >= 15 is 0 Å². The van der Waals surface area contributed by atoms with E-state index in [0.717, 1.165) is 0 Å². The van der Waals surface area contributed by atoms with Gasteiger partial charge in [-0.2, -0.15) is 0 Å². The van der Waals surface area contributed by atoms with Gasteiger partial charge in [-0.3, -0.25) is 9.59 Å². The van der Waals surface area contributed by atoms with Crippen LogP contribution in [-0.4, -0.2) is 12.4 Å². The fourth-order valence-electron chi connectivity index (χ4n) is 2.04. The maximum Gasteiger partial charge on any atom is 0.211 e. The molecule has 3 rings (SSSR count). The highest BCUT2D eigenvalue weighted by Gasteiger charge is 2.09. The Morgan fingerprint density at radius 3 is 2.57 bits per heavy atom. The van der Waals surface area contributed by atoms with Crippen LogP contribution in [0.5, 0.6) is 5.75 Å². The normalized spacial score (nSPS) is 10.7. The van der Waals surface area contributed by atoms with Gasteiger partial charge in [-0.1, -0.05) is 23.2 Å². The van der Waals surface area contributed by atoms with Crippen LogP contribution in [-0.2, 0) is 0 Å². The summed E-state index contributed by atoms with van der Waals surface area (Å²) in [4.78, 5) is 23.9. The molecule has 23 heavy (non-hydrogen) atoms. The van der Waals surface area contributed by atoms with Crippen molar-refractivity contribution in [3.05, 3.63) is 74.6 Å². The number of halogens is 2. The van der Waals surface area contributed by atoms with Crippen molar-refractivity contribution in [3.63, 3.8) is 0 Å². The molecule has 0 radical (unpaired) electrons. The summed E-state index contributed by atoms with van der Waals surface area (Å²) in [5, 5.41) is 0.934. The summed E-state index contributed by atoms with van der Waals surface area (Å²) < 4.78 is 10.7. The van der Waals surface area contributed by atoms with Crippen molar-refractivity contribution >= 4 is 40.0 Å². The average molecular weight is 349 g/mol. The summed E-state index contributed by atoms with van der Waals surface area (Å²) in [6, 6.07) is 11.2. The lowest BCUT2D eigenvalue weighted by atomic mass is 10.1. The number of Topliss-reactive ketones (excluding diaryl/α,β-unsaturated/α-hetero) is 1. The molecule has 0 aliphatic carbocycles. The molecule has 0 unspecified atom stereocenters. The molecule has 6 heteroatoms. The highest BCUT2D eigenvalue weighted by Crippen LogP contribution is 2.20. The summed E-state index contributed by atoms with van der Waals surface area (Å²) in [6.07, 6.45) is 1.18. The molecule has 2 aromatic carbocycles. The zero-order chi connectivity index (χ0) is 16.4. The molecule has 0 N–H and O–H groups in total. The van der Waals surface area contributed by atoms with Gasteiger partial charge in [0.05, 0.1) is 5.39 Å². The van der Waals surface area contributed by atoms with Gasteiger partial charge in [-0.25, -0.2) is 0 Å². The fraction of sp³-hybridized carbons (Fsp3) is 0.0588. The first-order chi connectivity index (χ1) is 11.0. The van der Waals surface area contributed by atoms with E-state index in [-0.39, 0.29) is 22.8 Å². The Labute approximate surface area is 141 Å². The predicted molar refractivity (Wildman–Crippen MR) is 88.8 cm³/mol. The van der Waals surface area contributed by atoms with Crippen LogP contribution in [0.25, 0.3) is 11.0 Å². The Bertz CT molecular complexity index is 929. The zero-order valence-corrected chi connectivity index (χ0v) is 13.2. The number of ketones is 1. The van der Waals surface area contributed by atoms with Crippen LogP contribution in [0.4, 0.5) is 0 Å². The second-order valence-corrected chi connectivity index (χ2v) is 5.63. The smallest absolute Gasteiger partial charge is 0.211 e. The molecule has 0 atom stereocenters. The minimum Gasteiger partial charge on any atom is -0.485 e. The Morgan fingerprint density at radius 1 is 1.09 bits per heavy atom. The molecular weight excluding hydrogens is 339 g/mol. The van der Waals surface area contributed by atoms with Crippen LogP contribution >= 0.6 is 23.2 Å². The number of hydrogen-bond donors (Lipinski definition) is 0. The van der Waals surface area contributed by atoms with E-state index in [1.165, 1.54) is 6.26 Å². The van der Waals surface area contributed by atoms with Crippen LogP contribution in [0.2, 0.25) is 10.0 Å². The van der Waals surface area contributed by atoms with E-state index < -0.39 is 0 Å². The first-order valence-corrected chi connectivity index (χ1v) is 7.43. The maximum absolute atomic E-state index is 12.0. The maximum atomic E-state index is 12.0. The van der Waals surface area contributed by atoms with Gasteiger partial charge in [0, 0.05) is 16.7 Å². The number of carbonyl (C=O) groups excluding carboxylic acids is 1. The van der Waals surface area contributed by atoms with Gasteiger partial charge in [0.2, 0.25) is 5.43 Å². The van der Waals surface area contributed by atoms with Crippen molar-refractivity contribution < 1.29 is 13.9 Å². The highest BCUT2D eigenvalue weighted by atomic mass is 35.5. The largest absolute Gasteiger partial charge is 0.485 e. The van der Waals surface area contributed by atoms with Crippen molar-refractivity contribution in [1.82, 2.24) is 0 Å². The van der Waals surface area contributed by atoms with Crippen LogP contribution in [0, 0.1) is 0 Å². The fourth-order valence-corrected chi connectivity index (χ4v) is 2.32. The van der Waals surface area contributed by atoms with Gasteiger partial charge in [-0.15, -0.1) is 0 Å². The Balaban J connectivity index is 1.77. The van der Waals surface area contributed by atoms with Crippen LogP contribution in [0.15, 0.2) is 57.9 Å². The van der Waals surface area contributed by atoms with Crippen LogP contribution < -0.4 is 10.2 Å². The first kappa shape index (κ1) is 15.6.